The fourth-order valence-corrected chi connectivity index (χ4v) is 5.08. The molecule has 2 heterocycles. The number of likely N-dealkylation sites (tertiary alicyclic amines) is 2. The maximum atomic E-state index is 6.28. The molecule has 0 bridgehead atoms. The fraction of sp³-hybridized carbons (Fsp3) is 1.00. The molecule has 3 nitrogen and oxygen atoms in total. The van der Waals surface area contributed by atoms with E-state index in [9.17, 15) is 0 Å². The molecule has 3 aliphatic rings. The van der Waals surface area contributed by atoms with Gasteiger partial charge in [0.25, 0.3) is 0 Å². The van der Waals surface area contributed by atoms with Crippen LogP contribution in [0.5, 0.6) is 0 Å². The molecule has 1 aliphatic carbocycles. The molecule has 2 unspecified atom stereocenters. The van der Waals surface area contributed by atoms with Gasteiger partial charge in [0.1, 0.15) is 0 Å². The van der Waals surface area contributed by atoms with E-state index in [4.69, 9.17) is 5.73 Å². The van der Waals surface area contributed by atoms with E-state index in [1.54, 1.807) is 0 Å². The third-order valence-corrected chi connectivity index (χ3v) is 6.20. The molecule has 3 fully saturated rings. The zero-order valence-electron chi connectivity index (χ0n) is 12.8. The number of hydrogen-bond acceptors (Lipinski definition) is 3. The molecule has 110 valence electrons. The Kier molecular flexibility index (Phi) is 3.89. The van der Waals surface area contributed by atoms with Gasteiger partial charge in [-0.3, -0.25) is 4.90 Å². The van der Waals surface area contributed by atoms with Gasteiger partial charge in [-0.15, -0.1) is 0 Å². The highest BCUT2D eigenvalue weighted by molar-refractivity contribution is 5.06. The minimum atomic E-state index is 0.273. The molecule has 4 atom stereocenters. The lowest BCUT2D eigenvalue weighted by Crippen LogP contribution is -2.63. The lowest BCUT2D eigenvalue weighted by molar-refractivity contribution is -0.0205. The summed E-state index contributed by atoms with van der Waals surface area (Å²) in [6.07, 6.45) is 9.90. The highest BCUT2D eigenvalue weighted by atomic mass is 15.3. The summed E-state index contributed by atoms with van der Waals surface area (Å²) in [7, 11) is 2.27. The second kappa shape index (κ2) is 5.34. The van der Waals surface area contributed by atoms with Crippen LogP contribution in [0.4, 0.5) is 0 Å². The van der Waals surface area contributed by atoms with Crippen molar-refractivity contribution in [2.45, 2.75) is 69.5 Å². The number of hydrogen-bond donors (Lipinski definition) is 1. The summed E-state index contributed by atoms with van der Waals surface area (Å²) in [4.78, 5) is 5.37. The first-order chi connectivity index (χ1) is 9.16. The lowest BCUT2D eigenvalue weighted by Gasteiger charge is -2.52. The summed E-state index contributed by atoms with van der Waals surface area (Å²) in [6.45, 7) is 5.66. The molecule has 2 saturated heterocycles. The lowest BCUT2D eigenvalue weighted by atomic mass is 9.75. The molecule has 0 aromatic heterocycles. The molecule has 2 N–H and O–H groups in total. The van der Waals surface area contributed by atoms with Gasteiger partial charge >= 0.3 is 0 Å². The Balaban J connectivity index is 1.82. The summed E-state index contributed by atoms with van der Waals surface area (Å²) in [5.74, 6) is 0.965. The van der Waals surface area contributed by atoms with Gasteiger partial charge in [-0.2, -0.15) is 0 Å². The number of nitrogens with zero attached hydrogens (tertiary/aromatic N) is 2. The van der Waals surface area contributed by atoms with Crippen LogP contribution in [0.2, 0.25) is 0 Å². The fourth-order valence-electron chi connectivity index (χ4n) is 5.08. The van der Waals surface area contributed by atoms with Crippen LogP contribution in [0.25, 0.3) is 0 Å². The second-order valence-corrected chi connectivity index (χ2v) is 7.34. The molecular weight excluding hydrogens is 234 g/mol. The van der Waals surface area contributed by atoms with Gasteiger partial charge in [0.2, 0.25) is 0 Å². The highest BCUT2D eigenvalue weighted by Gasteiger charge is 2.49. The van der Waals surface area contributed by atoms with Crippen LogP contribution in [0, 0.1) is 5.92 Å². The molecular formula is C16H31N3. The van der Waals surface area contributed by atoms with E-state index < -0.39 is 0 Å². The number of nitrogens with two attached hydrogens (primary N) is 1. The Morgan fingerprint density at radius 2 is 1.89 bits per heavy atom. The van der Waals surface area contributed by atoms with E-state index in [0.29, 0.717) is 6.04 Å². The Morgan fingerprint density at radius 1 is 1.16 bits per heavy atom. The van der Waals surface area contributed by atoms with Gasteiger partial charge in [0, 0.05) is 30.7 Å². The zero-order valence-corrected chi connectivity index (χ0v) is 12.8. The average molecular weight is 265 g/mol. The van der Waals surface area contributed by atoms with Crippen LogP contribution in [-0.4, -0.2) is 54.1 Å². The molecule has 0 spiro atoms. The van der Waals surface area contributed by atoms with Gasteiger partial charge < -0.3 is 10.6 Å². The first kappa shape index (κ1) is 13.8. The zero-order chi connectivity index (χ0) is 13.5. The van der Waals surface area contributed by atoms with Crippen molar-refractivity contribution >= 4 is 0 Å². The third kappa shape index (κ3) is 2.34. The Bertz CT molecular complexity index is 305. The van der Waals surface area contributed by atoms with E-state index in [-0.39, 0.29) is 5.54 Å². The average Bonchev–Trinajstić information content (AvgIpc) is 2.74. The normalized spacial score (nSPS) is 45.3. The van der Waals surface area contributed by atoms with Crippen molar-refractivity contribution in [3.05, 3.63) is 0 Å². The maximum absolute atomic E-state index is 6.28. The smallest absolute Gasteiger partial charge is 0.0476 e. The van der Waals surface area contributed by atoms with Crippen LogP contribution < -0.4 is 5.73 Å². The Morgan fingerprint density at radius 3 is 2.58 bits per heavy atom. The van der Waals surface area contributed by atoms with E-state index in [1.165, 1.54) is 58.0 Å². The first-order valence-corrected chi connectivity index (χ1v) is 8.33. The van der Waals surface area contributed by atoms with Crippen molar-refractivity contribution in [3.8, 4) is 0 Å². The van der Waals surface area contributed by atoms with Crippen LogP contribution in [0.15, 0.2) is 0 Å². The van der Waals surface area contributed by atoms with E-state index >= 15 is 0 Å². The van der Waals surface area contributed by atoms with Crippen molar-refractivity contribution in [1.29, 1.82) is 0 Å². The van der Waals surface area contributed by atoms with Crippen LogP contribution in [0.1, 0.15) is 51.9 Å². The predicted molar refractivity (Wildman–Crippen MR) is 80.2 cm³/mol. The van der Waals surface area contributed by atoms with Gasteiger partial charge in [-0.05, 0) is 58.5 Å². The van der Waals surface area contributed by atoms with E-state index in [0.717, 1.165) is 18.5 Å². The SMILES string of the molecule is CC1CC(CN)(N2CCC[C@H]3CCCC[C@H]32)CN1C. The first-order valence-electron chi connectivity index (χ1n) is 8.33. The predicted octanol–water partition coefficient (Wildman–Crippen LogP) is 2.06. The van der Waals surface area contributed by atoms with E-state index in [1.807, 2.05) is 0 Å². The minimum Gasteiger partial charge on any atom is -0.329 e. The molecule has 19 heavy (non-hydrogen) atoms. The Labute approximate surface area is 118 Å². The van der Waals surface area contributed by atoms with Gasteiger partial charge in [-0.25, -0.2) is 0 Å². The van der Waals surface area contributed by atoms with Crippen molar-refractivity contribution in [3.63, 3.8) is 0 Å². The van der Waals surface area contributed by atoms with Crippen molar-refractivity contribution in [1.82, 2.24) is 9.80 Å². The molecule has 3 heteroatoms. The molecule has 0 aromatic rings. The summed E-state index contributed by atoms with van der Waals surface area (Å²) in [5.41, 5.74) is 6.55. The second-order valence-electron chi connectivity index (χ2n) is 7.34. The number of piperidine rings is 1. The maximum Gasteiger partial charge on any atom is 0.0476 e. The summed E-state index contributed by atoms with van der Waals surface area (Å²) < 4.78 is 0. The quantitative estimate of drug-likeness (QED) is 0.829. The largest absolute Gasteiger partial charge is 0.329 e. The van der Waals surface area contributed by atoms with Gasteiger partial charge in [0.15, 0.2) is 0 Å². The third-order valence-electron chi connectivity index (χ3n) is 6.20. The molecule has 0 aromatic carbocycles. The highest BCUT2D eigenvalue weighted by Crippen LogP contribution is 2.42. The number of rotatable bonds is 2. The van der Waals surface area contributed by atoms with Crippen molar-refractivity contribution < 1.29 is 0 Å². The molecule has 2 aliphatic heterocycles. The van der Waals surface area contributed by atoms with Crippen LogP contribution in [-0.2, 0) is 0 Å². The Hall–Kier alpha value is -0.120. The standard InChI is InChI=1S/C16H31N3/c1-13-10-16(11-17,12-18(13)2)19-9-5-7-14-6-3-4-8-15(14)19/h13-15H,3-12,17H2,1-2H3/t13?,14-,15-,16?/m1/s1. The van der Waals surface area contributed by atoms with Crippen LogP contribution in [0.3, 0.4) is 0 Å². The van der Waals surface area contributed by atoms with E-state index in [2.05, 4.69) is 23.8 Å². The molecule has 1 saturated carbocycles. The number of fused-ring (bicyclic) bond motifs is 1. The van der Waals surface area contributed by atoms with Gasteiger partial charge in [-0.1, -0.05) is 12.8 Å². The van der Waals surface area contributed by atoms with Crippen LogP contribution >= 0.6 is 0 Å². The summed E-state index contributed by atoms with van der Waals surface area (Å²) in [6, 6.07) is 1.53. The molecule has 0 radical (unpaired) electrons. The topological polar surface area (TPSA) is 32.5 Å². The number of likely N-dealkylation sites (N-methyl/N-ethyl adjacent to an activating group) is 1. The van der Waals surface area contributed by atoms with Crippen molar-refractivity contribution in [2.75, 3.05) is 26.7 Å². The summed E-state index contributed by atoms with van der Waals surface area (Å²) in [5, 5.41) is 0. The van der Waals surface area contributed by atoms with Crippen molar-refractivity contribution in [2.24, 2.45) is 11.7 Å². The minimum absolute atomic E-state index is 0.273. The summed E-state index contributed by atoms with van der Waals surface area (Å²) >= 11 is 0. The molecule has 0 amide bonds. The molecule has 3 rings (SSSR count). The monoisotopic (exact) mass is 265 g/mol. The van der Waals surface area contributed by atoms with Gasteiger partial charge in [0.05, 0.1) is 0 Å².